The molecule has 1 aromatic carbocycles. The molecule has 0 aromatic heterocycles. The summed E-state index contributed by atoms with van der Waals surface area (Å²) >= 11 is 0. The molecule has 7 heteroatoms. The number of nitrogens with zero attached hydrogens (tertiary/aromatic N) is 4. The predicted octanol–water partition coefficient (Wildman–Crippen LogP) is 0.993. The van der Waals surface area contributed by atoms with E-state index in [1.54, 1.807) is 12.1 Å². The Morgan fingerprint density at radius 2 is 1.70 bits per heavy atom. The first-order chi connectivity index (χ1) is 11.0. The van der Waals surface area contributed by atoms with Gasteiger partial charge in [0.05, 0.1) is 18.0 Å². The molecule has 0 unspecified atom stereocenters. The third kappa shape index (κ3) is 3.21. The number of hydrogen-bond acceptors (Lipinski definition) is 5. The Morgan fingerprint density at radius 1 is 1.04 bits per heavy atom. The van der Waals surface area contributed by atoms with Crippen molar-refractivity contribution in [2.75, 3.05) is 45.8 Å². The summed E-state index contributed by atoms with van der Waals surface area (Å²) in [5.74, 6) is 0.612. The van der Waals surface area contributed by atoms with Crippen molar-refractivity contribution in [3.05, 3.63) is 29.8 Å². The summed E-state index contributed by atoms with van der Waals surface area (Å²) in [7, 11) is -3.53. The third-order valence-electron chi connectivity index (χ3n) is 4.49. The second-order valence-electron chi connectivity index (χ2n) is 5.99. The summed E-state index contributed by atoms with van der Waals surface area (Å²) in [4.78, 5) is 9.28. The van der Waals surface area contributed by atoms with E-state index in [9.17, 15) is 8.42 Å². The molecule has 23 heavy (non-hydrogen) atoms. The highest BCUT2D eigenvalue weighted by Gasteiger charge is 2.34. The van der Waals surface area contributed by atoms with Crippen molar-refractivity contribution in [2.45, 2.75) is 18.7 Å². The maximum atomic E-state index is 12.9. The lowest BCUT2D eigenvalue weighted by Crippen LogP contribution is -2.53. The fourth-order valence-electron chi connectivity index (χ4n) is 3.01. The van der Waals surface area contributed by atoms with Crippen LogP contribution in [-0.2, 0) is 10.0 Å². The molecule has 0 bridgehead atoms. The minimum absolute atomic E-state index is 0.338. The molecule has 0 N–H and O–H groups in total. The van der Waals surface area contributed by atoms with E-state index in [2.05, 4.69) is 21.7 Å². The normalized spacial score (nSPS) is 20.0. The van der Waals surface area contributed by atoms with Crippen LogP contribution in [0.1, 0.15) is 12.5 Å². The molecular formula is C16H24N4O2S. The molecule has 0 spiro atoms. The van der Waals surface area contributed by atoms with Crippen LogP contribution in [-0.4, -0.2) is 74.3 Å². The van der Waals surface area contributed by atoms with Gasteiger partial charge in [0.2, 0.25) is 5.96 Å². The number of aliphatic imine (C=N–C) groups is 1. The zero-order chi connectivity index (χ0) is 16.4. The Bertz CT molecular complexity index is 677. The monoisotopic (exact) mass is 336 g/mol. The summed E-state index contributed by atoms with van der Waals surface area (Å²) in [6, 6.07) is 7.02. The number of benzene rings is 1. The highest BCUT2D eigenvalue weighted by Crippen LogP contribution is 2.21. The zero-order valence-electron chi connectivity index (χ0n) is 13.8. The Labute approximate surface area is 138 Å². The molecule has 126 valence electrons. The molecule has 0 aliphatic carbocycles. The number of hydrogen-bond donors (Lipinski definition) is 0. The molecule has 2 aliphatic heterocycles. The van der Waals surface area contributed by atoms with Crippen molar-refractivity contribution in [3.8, 4) is 0 Å². The van der Waals surface area contributed by atoms with Crippen molar-refractivity contribution in [1.29, 1.82) is 0 Å². The fraction of sp³-hybridized carbons (Fsp3) is 0.562. The Morgan fingerprint density at radius 3 is 2.30 bits per heavy atom. The number of likely N-dealkylation sites (N-methyl/N-ethyl adjacent to an activating group) is 1. The fourth-order valence-corrected chi connectivity index (χ4v) is 4.45. The average molecular weight is 336 g/mol. The minimum atomic E-state index is -3.53. The van der Waals surface area contributed by atoms with Gasteiger partial charge in [0.1, 0.15) is 0 Å². The van der Waals surface area contributed by atoms with Crippen LogP contribution < -0.4 is 0 Å². The first-order valence-corrected chi connectivity index (χ1v) is 9.57. The van der Waals surface area contributed by atoms with Crippen LogP contribution in [0.15, 0.2) is 34.2 Å². The van der Waals surface area contributed by atoms with Crippen molar-refractivity contribution in [3.63, 3.8) is 0 Å². The van der Waals surface area contributed by atoms with Crippen LogP contribution in [0, 0.1) is 6.92 Å². The van der Waals surface area contributed by atoms with Gasteiger partial charge in [-0.15, -0.1) is 0 Å². The highest BCUT2D eigenvalue weighted by molar-refractivity contribution is 7.89. The van der Waals surface area contributed by atoms with Gasteiger partial charge < -0.3 is 9.80 Å². The Kier molecular flexibility index (Phi) is 4.59. The number of rotatable bonds is 3. The molecule has 6 nitrogen and oxygen atoms in total. The molecule has 0 atom stereocenters. The van der Waals surface area contributed by atoms with E-state index >= 15 is 0 Å². The van der Waals surface area contributed by atoms with E-state index in [-0.39, 0.29) is 0 Å². The van der Waals surface area contributed by atoms with E-state index in [0.29, 0.717) is 23.9 Å². The van der Waals surface area contributed by atoms with Gasteiger partial charge in [-0.2, -0.15) is 0 Å². The second-order valence-corrected chi connectivity index (χ2v) is 7.86. The average Bonchev–Trinajstić information content (AvgIpc) is 3.06. The van der Waals surface area contributed by atoms with Crippen molar-refractivity contribution in [1.82, 2.24) is 14.1 Å². The zero-order valence-corrected chi connectivity index (χ0v) is 14.6. The lowest BCUT2D eigenvalue weighted by Gasteiger charge is -2.37. The van der Waals surface area contributed by atoms with Crippen LogP contribution in [0.2, 0.25) is 0 Å². The molecular weight excluding hydrogens is 312 g/mol. The molecule has 2 aliphatic rings. The quantitative estimate of drug-likeness (QED) is 0.826. The van der Waals surface area contributed by atoms with Crippen LogP contribution in [0.4, 0.5) is 0 Å². The first-order valence-electron chi connectivity index (χ1n) is 8.13. The van der Waals surface area contributed by atoms with E-state index in [4.69, 9.17) is 0 Å². The molecule has 0 radical (unpaired) electrons. The van der Waals surface area contributed by atoms with E-state index < -0.39 is 10.0 Å². The maximum Gasteiger partial charge on any atom is 0.266 e. The van der Waals surface area contributed by atoms with Gasteiger partial charge in [-0.25, -0.2) is 12.7 Å². The molecule has 3 rings (SSSR count). The van der Waals surface area contributed by atoms with Crippen LogP contribution in [0.5, 0.6) is 0 Å². The minimum Gasteiger partial charge on any atom is -0.339 e. The van der Waals surface area contributed by atoms with E-state index in [1.165, 1.54) is 4.31 Å². The second kappa shape index (κ2) is 6.49. The number of piperazine rings is 1. The van der Waals surface area contributed by atoms with Crippen molar-refractivity contribution < 1.29 is 8.42 Å². The van der Waals surface area contributed by atoms with Crippen molar-refractivity contribution >= 4 is 16.0 Å². The summed E-state index contributed by atoms with van der Waals surface area (Å²) in [6.07, 6.45) is 0. The van der Waals surface area contributed by atoms with Gasteiger partial charge in [0, 0.05) is 26.2 Å². The van der Waals surface area contributed by atoms with Gasteiger partial charge in [0.15, 0.2) is 0 Å². The van der Waals surface area contributed by atoms with Crippen molar-refractivity contribution in [2.24, 2.45) is 4.99 Å². The predicted molar refractivity (Wildman–Crippen MR) is 91.1 cm³/mol. The van der Waals surface area contributed by atoms with Crippen LogP contribution in [0.25, 0.3) is 0 Å². The molecule has 0 saturated carbocycles. The number of aryl methyl sites for hydroxylation is 1. The van der Waals surface area contributed by atoms with E-state index in [0.717, 1.165) is 38.3 Å². The topological polar surface area (TPSA) is 56.2 Å². The standard InChI is InChI=1S/C16H24N4O2S/c1-3-18-10-12-19(13-11-18)16-17-8-9-20(16)23(21,22)15-6-4-14(2)5-7-15/h4-7H,3,8-13H2,1-2H3. The lowest BCUT2D eigenvalue weighted by atomic mass is 10.2. The molecule has 0 amide bonds. The molecule has 1 fully saturated rings. The molecule has 1 saturated heterocycles. The maximum absolute atomic E-state index is 12.9. The van der Waals surface area contributed by atoms with Gasteiger partial charge in [-0.05, 0) is 25.6 Å². The number of sulfonamides is 1. The smallest absolute Gasteiger partial charge is 0.266 e. The van der Waals surface area contributed by atoms with Crippen LogP contribution >= 0.6 is 0 Å². The molecule has 1 aromatic rings. The summed E-state index contributed by atoms with van der Waals surface area (Å²) in [6.45, 7) is 9.66. The summed E-state index contributed by atoms with van der Waals surface area (Å²) in [5.41, 5.74) is 1.05. The largest absolute Gasteiger partial charge is 0.339 e. The lowest BCUT2D eigenvalue weighted by molar-refractivity contribution is 0.184. The summed E-state index contributed by atoms with van der Waals surface area (Å²) in [5, 5.41) is 0. The first kappa shape index (κ1) is 16.3. The van der Waals surface area contributed by atoms with Gasteiger partial charge in [0.25, 0.3) is 10.0 Å². The Balaban J connectivity index is 1.80. The van der Waals surface area contributed by atoms with Crippen LogP contribution in [0.3, 0.4) is 0 Å². The van der Waals surface area contributed by atoms with Gasteiger partial charge in [-0.3, -0.25) is 4.99 Å². The molecule has 2 heterocycles. The van der Waals surface area contributed by atoms with Gasteiger partial charge >= 0.3 is 0 Å². The third-order valence-corrected chi connectivity index (χ3v) is 6.28. The highest BCUT2D eigenvalue weighted by atomic mass is 32.2. The summed E-state index contributed by atoms with van der Waals surface area (Å²) < 4.78 is 27.3. The van der Waals surface area contributed by atoms with E-state index in [1.807, 2.05) is 19.1 Å². The number of guanidine groups is 1. The Hall–Kier alpha value is -1.60. The van der Waals surface area contributed by atoms with Gasteiger partial charge in [-0.1, -0.05) is 24.6 Å². The SMILES string of the molecule is CCN1CCN(C2=NCCN2S(=O)(=O)c2ccc(C)cc2)CC1.